The van der Waals surface area contributed by atoms with Crippen molar-refractivity contribution < 1.29 is 9.90 Å². The molecule has 35 heavy (non-hydrogen) atoms. The zero-order valence-corrected chi connectivity index (χ0v) is 21.9. The number of nitrogens with one attached hydrogen (secondary N) is 2. The van der Waals surface area contributed by atoms with Gasteiger partial charge < -0.3 is 15.7 Å². The summed E-state index contributed by atoms with van der Waals surface area (Å²) >= 11 is 1.65. The lowest BCUT2D eigenvalue weighted by Crippen LogP contribution is -2.63. The van der Waals surface area contributed by atoms with Crippen LogP contribution in [-0.4, -0.2) is 62.4 Å². The Balaban J connectivity index is 1.07. The first-order valence-electron chi connectivity index (χ1n) is 12.6. The number of nitrogens with zero attached hydrogens (tertiary/aromatic N) is 4. The molecule has 3 heterocycles. The Labute approximate surface area is 210 Å². The topological polar surface area (TPSA) is 95.3 Å². The normalized spacial score (nSPS) is 23.5. The van der Waals surface area contributed by atoms with E-state index in [0.717, 1.165) is 65.4 Å². The van der Waals surface area contributed by atoms with Crippen molar-refractivity contribution in [1.29, 1.82) is 0 Å². The van der Waals surface area contributed by atoms with Crippen molar-refractivity contribution in [3.63, 3.8) is 0 Å². The average Bonchev–Trinajstić information content (AvgIpc) is 3.41. The van der Waals surface area contributed by atoms with Crippen LogP contribution in [0.25, 0.3) is 10.9 Å². The SMILES string of the molecule is Cc1ccc2c(c1)c(NCC(=O)NC1CN(C3CCC(O)(c4cnc(C(C)C)s4)CC3)C1)nn2C. The molecule has 0 unspecified atom stereocenters. The molecule has 0 bridgehead atoms. The van der Waals surface area contributed by atoms with Crippen molar-refractivity contribution in [3.05, 3.63) is 39.8 Å². The molecule has 5 rings (SSSR count). The number of benzene rings is 1. The minimum atomic E-state index is -0.736. The fourth-order valence-electron chi connectivity index (χ4n) is 5.32. The minimum Gasteiger partial charge on any atom is -0.384 e. The van der Waals surface area contributed by atoms with Crippen LogP contribution in [0.5, 0.6) is 0 Å². The van der Waals surface area contributed by atoms with Crippen molar-refractivity contribution in [3.8, 4) is 0 Å². The van der Waals surface area contributed by atoms with E-state index in [2.05, 4.69) is 64.6 Å². The fourth-order valence-corrected chi connectivity index (χ4v) is 6.38. The number of aromatic nitrogens is 3. The van der Waals surface area contributed by atoms with Gasteiger partial charge in [0.25, 0.3) is 0 Å². The first-order chi connectivity index (χ1) is 16.7. The van der Waals surface area contributed by atoms with Gasteiger partial charge in [-0.3, -0.25) is 14.4 Å². The van der Waals surface area contributed by atoms with Crippen molar-refractivity contribution >= 4 is 34.0 Å². The largest absolute Gasteiger partial charge is 0.384 e. The Morgan fingerprint density at radius 2 is 2.03 bits per heavy atom. The van der Waals surface area contributed by atoms with E-state index in [1.54, 1.807) is 11.3 Å². The fraction of sp³-hybridized carbons (Fsp3) is 0.577. The Morgan fingerprint density at radius 1 is 1.29 bits per heavy atom. The summed E-state index contributed by atoms with van der Waals surface area (Å²) in [6.07, 6.45) is 5.36. The maximum atomic E-state index is 12.5. The van der Waals surface area contributed by atoms with Crippen molar-refractivity contribution in [1.82, 2.24) is 25.0 Å². The molecule has 0 radical (unpaired) electrons. The van der Waals surface area contributed by atoms with Gasteiger partial charge in [-0.2, -0.15) is 5.10 Å². The molecule has 3 aromatic rings. The van der Waals surface area contributed by atoms with Crippen LogP contribution in [0.4, 0.5) is 5.82 Å². The molecule has 188 valence electrons. The van der Waals surface area contributed by atoms with Crippen LogP contribution in [0.3, 0.4) is 0 Å². The van der Waals surface area contributed by atoms with Crippen LogP contribution in [0.1, 0.15) is 60.9 Å². The Bertz CT molecular complexity index is 1200. The number of aliphatic hydroxyl groups is 1. The lowest BCUT2D eigenvalue weighted by molar-refractivity contribution is -0.121. The van der Waals surface area contributed by atoms with Gasteiger partial charge in [0.2, 0.25) is 5.91 Å². The summed E-state index contributed by atoms with van der Waals surface area (Å²) in [5.74, 6) is 1.13. The van der Waals surface area contributed by atoms with E-state index >= 15 is 0 Å². The highest BCUT2D eigenvalue weighted by atomic mass is 32.1. The Hall–Kier alpha value is -2.49. The van der Waals surface area contributed by atoms with Gasteiger partial charge in [0.05, 0.1) is 28.0 Å². The average molecular weight is 497 g/mol. The van der Waals surface area contributed by atoms with E-state index in [4.69, 9.17) is 0 Å². The number of hydrogen-bond acceptors (Lipinski definition) is 7. The van der Waals surface area contributed by atoms with Crippen LogP contribution in [0.15, 0.2) is 24.4 Å². The van der Waals surface area contributed by atoms with Gasteiger partial charge >= 0.3 is 0 Å². The molecule has 1 saturated carbocycles. The van der Waals surface area contributed by atoms with E-state index in [1.807, 2.05) is 17.9 Å². The van der Waals surface area contributed by atoms with Gasteiger partial charge in [0.15, 0.2) is 5.82 Å². The molecule has 8 nitrogen and oxygen atoms in total. The van der Waals surface area contributed by atoms with Gasteiger partial charge in [-0.1, -0.05) is 25.5 Å². The molecular weight excluding hydrogens is 460 g/mol. The molecule has 2 aliphatic rings. The predicted molar refractivity (Wildman–Crippen MR) is 140 cm³/mol. The first-order valence-corrected chi connectivity index (χ1v) is 13.4. The quantitative estimate of drug-likeness (QED) is 0.463. The predicted octanol–water partition coefficient (Wildman–Crippen LogP) is 3.50. The highest BCUT2D eigenvalue weighted by Crippen LogP contribution is 2.42. The number of anilines is 1. The van der Waals surface area contributed by atoms with Crippen LogP contribution in [0, 0.1) is 6.92 Å². The molecule has 2 fully saturated rings. The molecule has 3 N–H and O–H groups in total. The summed E-state index contributed by atoms with van der Waals surface area (Å²) in [6, 6.07) is 6.87. The number of fused-ring (bicyclic) bond motifs is 1. The number of carbonyl (C=O) groups excluding carboxylic acids is 1. The number of hydrogen-bond donors (Lipinski definition) is 3. The molecule has 0 spiro atoms. The van der Waals surface area contributed by atoms with E-state index in [9.17, 15) is 9.90 Å². The highest BCUT2D eigenvalue weighted by Gasteiger charge is 2.41. The van der Waals surface area contributed by atoms with Gasteiger partial charge in [0, 0.05) is 43.7 Å². The van der Waals surface area contributed by atoms with Crippen molar-refractivity contribution in [2.75, 3.05) is 25.0 Å². The summed E-state index contributed by atoms with van der Waals surface area (Å²) in [5, 5.41) is 24.2. The zero-order chi connectivity index (χ0) is 24.7. The molecule has 1 aliphatic heterocycles. The number of rotatable bonds is 7. The molecule has 2 aromatic heterocycles. The smallest absolute Gasteiger partial charge is 0.239 e. The van der Waals surface area contributed by atoms with Crippen molar-refractivity contribution in [2.45, 2.75) is 70.1 Å². The summed E-state index contributed by atoms with van der Waals surface area (Å²) in [5.41, 5.74) is 1.48. The molecule has 0 atom stereocenters. The summed E-state index contributed by atoms with van der Waals surface area (Å²) in [6.45, 7) is 8.29. The monoisotopic (exact) mass is 496 g/mol. The number of thiazole rings is 1. The maximum absolute atomic E-state index is 12.5. The molecule has 1 saturated heterocycles. The Kier molecular flexibility index (Phi) is 6.59. The molecule has 1 aliphatic carbocycles. The van der Waals surface area contributed by atoms with E-state index in [0.29, 0.717) is 12.0 Å². The number of amides is 1. The molecule has 1 aromatic carbocycles. The lowest BCUT2D eigenvalue weighted by atomic mass is 9.80. The number of carbonyl (C=O) groups is 1. The van der Waals surface area contributed by atoms with Gasteiger partial charge in [-0.15, -0.1) is 11.3 Å². The number of likely N-dealkylation sites (tertiary alicyclic amines) is 1. The van der Waals surface area contributed by atoms with Crippen molar-refractivity contribution in [2.24, 2.45) is 7.05 Å². The van der Waals surface area contributed by atoms with Crippen LogP contribution in [-0.2, 0) is 17.4 Å². The first kappa shape index (κ1) is 24.2. The summed E-state index contributed by atoms with van der Waals surface area (Å²) in [7, 11) is 1.91. The Morgan fingerprint density at radius 3 is 2.71 bits per heavy atom. The standard InChI is InChI=1S/C26H36N6O2S/c1-16(2)25-28-12-22(35-25)26(34)9-7-19(8-10-26)32-14-18(15-32)29-23(33)13-27-24-20-11-17(3)5-6-21(20)31(4)30-24/h5-6,11-12,16,18-19,34H,7-10,13-15H2,1-4H3,(H,27,30)(H,29,33). The third-order valence-electron chi connectivity index (χ3n) is 7.47. The molecule has 9 heteroatoms. The number of aryl methyl sites for hydroxylation is 2. The third-order valence-corrected chi connectivity index (χ3v) is 8.96. The van der Waals surface area contributed by atoms with E-state index in [-0.39, 0.29) is 18.5 Å². The van der Waals surface area contributed by atoms with Gasteiger partial charge in [-0.05, 0) is 44.7 Å². The minimum absolute atomic E-state index is 0.00900. The molecular formula is C26H36N6O2S. The summed E-state index contributed by atoms with van der Waals surface area (Å²) < 4.78 is 1.84. The van der Waals surface area contributed by atoms with E-state index in [1.165, 1.54) is 5.56 Å². The summed E-state index contributed by atoms with van der Waals surface area (Å²) in [4.78, 5) is 20.5. The molecule has 1 amide bonds. The highest BCUT2D eigenvalue weighted by molar-refractivity contribution is 7.11. The van der Waals surface area contributed by atoms with Gasteiger partial charge in [0.1, 0.15) is 5.60 Å². The third kappa shape index (κ3) is 4.94. The second-order valence-electron chi connectivity index (χ2n) is 10.5. The van der Waals surface area contributed by atoms with Gasteiger partial charge in [-0.25, -0.2) is 4.98 Å². The second-order valence-corrected chi connectivity index (χ2v) is 11.6. The van der Waals surface area contributed by atoms with Crippen LogP contribution < -0.4 is 10.6 Å². The zero-order valence-electron chi connectivity index (χ0n) is 21.0. The van der Waals surface area contributed by atoms with Crippen LogP contribution in [0.2, 0.25) is 0 Å². The lowest BCUT2D eigenvalue weighted by Gasteiger charge is -2.48. The maximum Gasteiger partial charge on any atom is 0.239 e. The second kappa shape index (κ2) is 9.52. The van der Waals surface area contributed by atoms with E-state index < -0.39 is 5.60 Å². The van der Waals surface area contributed by atoms with Crippen LogP contribution >= 0.6 is 11.3 Å².